The SMILES string of the molecule is CCN1CCC[C@H](C(=O)N2CCc3c(C(=O)OC)c(OCCCc4ccccc4)cc(=O)n3CC2)C1. The van der Waals surface area contributed by atoms with Crippen LogP contribution in [-0.4, -0.2) is 72.7 Å². The highest BCUT2D eigenvalue weighted by molar-refractivity contribution is 5.93. The van der Waals surface area contributed by atoms with Gasteiger partial charge in [-0.3, -0.25) is 9.59 Å². The van der Waals surface area contributed by atoms with Crippen LogP contribution in [0, 0.1) is 5.92 Å². The maximum Gasteiger partial charge on any atom is 0.343 e. The van der Waals surface area contributed by atoms with Gasteiger partial charge in [-0.05, 0) is 44.3 Å². The van der Waals surface area contributed by atoms with E-state index in [1.54, 1.807) is 4.57 Å². The molecule has 1 atom stereocenters. The minimum atomic E-state index is -0.526. The first kappa shape index (κ1) is 25.9. The number of amides is 1. The molecule has 1 fully saturated rings. The van der Waals surface area contributed by atoms with E-state index in [-0.39, 0.29) is 23.1 Å². The molecule has 0 spiro atoms. The summed E-state index contributed by atoms with van der Waals surface area (Å²) in [6.45, 7) is 6.53. The maximum atomic E-state index is 13.3. The number of fused-ring (bicyclic) bond motifs is 1. The van der Waals surface area contributed by atoms with Crippen molar-refractivity contribution in [3.05, 3.63) is 63.6 Å². The second-order valence-electron chi connectivity index (χ2n) is 9.56. The normalized spacial score (nSPS) is 18.3. The van der Waals surface area contributed by atoms with E-state index < -0.39 is 5.97 Å². The minimum absolute atomic E-state index is 0.0137. The van der Waals surface area contributed by atoms with Gasteiger partial charge in [-0.2, -0.15) is 0 Å². The average molecular weight is 496 g/mol. The third-order valence-electron chi connectivity index (χ3n) is 7.31. The van der Waals surface area contributed by atoms with Gasteiger partial charge in [0.2, 0.25) is 5.91 Å². The Kier molecular flexibility index (Phi) is 8.80. The number of pyridine rings is 1. The number of benzene rings is 1. The quantitative estimate of drug-likeness (QED) is 0.414. The van der Waals surface area contributed by atoms with Crippen molar-refractivity contribution in [3.8, 4) is 5.75 Å². The van der Waals surface area contributed by atoms with Crippen LogP contribution in [0.25, 0.3) is 0 Å². The van der Waals surface area contributed by atoms with Crippen LogP contribution in [-0.2, 0) is 28.9 Å². The van der Waals surface area contributed by atoms with Gasteiger partial charge in [0, 0.05) is 44.4 Å². The number of aryl methyl sites for hydroxylation is 1. The number of methoxy groups -OCH3 is 1. The van der Waals surface area contributed by atoms with E-state index in [9.17, 15) is 14.4 Å². The van der Waals surface area contributed by atoms with Crippen LogP contribution in [0.3, 0.4) is 0 Å². The number of hydrogen-bond acceptors (Lipinski definition) is 6. The smallest absolute Gasteiger partial charge is 0.343 e. The molecule has 2 aliphatic heterocycles. The Labute approximate surface area is 212 Å². The summed E-state index contributed by atoms with van der Waals surface area (Å²) in [7, 11) is 1.33. The zero-order valence-electron chi connectivity index (χ0n) is 21.4. The molecule has 1 aromatic heterocycles. The summed E-state index contributed by atoms with van der Waals surface area (Å²) in [5.74, 6) is -0.134. The first-order chi connectivity index (χ1) is 17.5. The number of aromatic nitrogens is 1. The van der Waals surface area contributed by atoms with Crippen molar-refractivity contribution >= 4 is 11.9 Å². The van der Waals surface area contributed by atoms with Crippen molar-refractivity contribution in [2.24, 2.45) is 5.92 Å². The van der Waals surface area contributed by atoms with Gasteiger partial charge in [-0.25, -0.2) is 4.79 Å². The molecule has 194 valence electrons. The molecule has 8 heteroatoms. The van der Waals surface area contributed by atoms with Crippen molar-refractivity contribution in [2.45, 2.75) is 45.6 Å². The number of ether oxygens (including phenoxy) is 2. The maximum absolute atomic E-state index is 13.3. The van der Waals surface area contributed by atoms with Gasteiger partial charge in [0.15, 0.2) is 0 Å². The molecule has 0 radical (unpaired) electrons. The highest BCUT2D eigenvalue weighted by atomic mass is 16.5. The predicted molar refractivity (Wildman–Crippen MR) is 137 cm³/mol. The van der Waals surface area contributed by atoms with Crippen LogP contribution in [0.4, 0.5) is 0 Å². The molecule has 0 bridgehead atoms. The Morgan fingerprint density at radius 3 is 2.64 bits per heavy atom. The fourth-order valence-electron chi connectivity index (χ4n) is 5.31. The molecular formula is C28H37N3O5. The van der Waals surface area contributed by atoms with Crippen LogP contribution < -0.4 is 10.3 Å². The molecule has 2 aromatic rings. The van der Waals surface area contributed by atoms with E-state index in [1.807, 2.05) is 23.1 Å². The molecule has 0 aliphatic carbocycles. The second-order valence-corrected chi connectivity index (χ2v) is 9.56. The minimum Gasteiger partial charge on any atom is -0.492 e. The molecule has 0 unspecified atom stereocenters. The number of hydrogen-bond donors (Lipinski definition) is 0. The summed E-state index contributed by atoms with van der Waals surface area (Å²) < 4.78 is 12.6. The Morgan fingerprint density at radius 1 is 1.08 bits per heavy atom. The zero-order chi connectivity index (χ0) is 25.5. The van der Waals surface area contributed by atoms with Crippen molar-refractivity contribution < 1.29 is 19.1 Å². The lowest BCUT2D eigenvalue weighted by Crippen LogP contribution is -2.45. The van der Waals surface area contributed by atoms with E-state index in [4.69, 9.17) is 9.47 Å². The summed E-state index contributed by atoms with van der Waals surface area (Å²) >= 11 is 0. The van der Waals surface area contributed by atoms with Gasteiger partial charge in [0.05, 0.1) is 19.6 Å². The molecule has 36 heavy (non-hydrogen) atoms. The van der Waals surface area contributed by atoms with Gasteiger partial charge in [-0.15, -0.1) is 0 Å². The number of likely N-dealkylation sites (tertiary alicyclic amines) is 1. The Bertz CT molecular complexity index is 1110. The Hall–Kier alpha value is -3.13. The number of esters is 1. The molecule has 1 aromatic carbocycles. The van der Waals surface area contributed by atoms with Gasteiger partial charge < -0.3 is 23.8 Å². The van der Waals surface area contributed by atoms with E-state index in [0.717, 1.165) is 45.3 Å². The van der Waals surface area contributed by atoms with Crippen LogP contribution in [0.1, 0.15) is 47.8 Å². The summed E-state index contributed by atoms with van der Waals surface area (Å²) in [6, 6.07) is 11.5. The monoisotopic (exact) mass is 495 g/mol. The average Bonchev–Trinajstić information content (AvgIpc) is 3.14. The molecule has 1 saturated heterocycles. The van der Waals surface area contributed by atoms with Crippen LogP contribution in [0.15, 0.2) is 41.2 Å². The first-order valence-electron chi connectivity index (χ1n) is 13.0. The van der Waals surface area contributed by atoms with Crippen LogP contribution >= 0.6 is 0 Å². The van der Waals surface area contributed by atoms with Gasteiger partial charge in [-0.1, -0.05) is 37.3 Å². The number of piperidine rings is 1. The number of carbonyl (C=O) groups is 2. The van der Waals surface area contributed by atoms with E-state index in [2.05, 4.69) is 24.0 Å². The highest BCUT2D eigenvalue weighted by Crippen LogP contribution is 2.26. The molecule has 0 saturated carbocycles. The standard InChI is InChI=1S/C28H37N3O5/c1-3-29-14-7-12-22(20-29)27(33)30-15-13-23-26(28(34)35-2)24(19-25(32)31(23)17-16-30)36-18-8-11-21-9-5-4-6-10-21/h4-6,9-10,19,22H,3,7-8,11-18,20H2,1-2H3/t22-/m0/s1. The van der Waals surface area contributed by atoms with Crippen molar-refractivity contribution in [2.75, 3.05) is 46.4 Å². The Morgan fingerprint density at radius 2 is 1.89 bits per heavy atom. The molecule has 2 aliphatic rings. The lowest BCUT2D eigenvalue weighted by atomic mass is 9.96. The lowest BCUT2D eigenvalue weighted by molar-refractivity contribution is -0.137. The topological polar surface area (TPSA) is 81.1 Å². The summed E-state index contributed by atoms with van der Waals surface area (Å²) in [5.41, 5.74) is 1.86. The number of nitrogens with zero attached hydrogens (tertiary/aromatic N) is 3. The van der Waals surface area contributed by atoms with E-state index >= 15 is 0 Å². The van der Waals surface area contributed by atoms with Gasteiger partial charge in [0.25, 0.3) is 5.56 Å². The third-order valence-corrected chi connectivity index (χ3v) is 7.31. The first-order valence-corrected chi connectivity index (χ1v) is 13.0. The van der Waals surface area contributed by atoms with Crippen LogP contribution in [0.2, 0.25) is 0 Å². The zero-order valence-corrected chi connectivity index (χ0v) is 21.4. The third kappa shape index (κ3) is 5.98. The molecule has 0 N–H and O–H groups in total. The highest BCUT2D eigenvalue weighted by Gasteiger charge is 2.32. The molecule has 1 amide bonds. The van der Waals surface area contributed by atoms with Crippen LogP contribution in [0.5, 0.6) is 5.75 Å². The number of carbonyl (C=O) groups excluding carboxylic acids is 2. The van der Waals surface area contributed by atoms with E-state index in [0.29, 0.717) is 43.9 Å². The second kappa shape index (κ2) is 12.2. The fourth-order valence-corrected chi connectivity index (χ4v) is 5.31. The predicted octanol–water partition coefficient (Wildman–Crippen LogP) is 2.76. The summed E-state index contributed by atoms with van der Waals surface area (Å²) in [6.07, 6.45) is 3.91. The molecule has 4 rings (SSSR count). The van der Waals surface area contributed by atoms with Crippen molar-refractivity contribution in [3.63, 3.8) is 0 Å². The summed E-state index contributed by atoms with van der Waals surface area (Å²) in [5, 5.41) is 0. The largest absolute Gasteiger partial charge is 0.492 e. The van der Waals surface area contributed by atoms with Gasteiger partial charge in [0.1, 0.15) is 11.3 Å². The molecule has 8 nitrogen and oxygen atoms in total. The van der Waals surface area contributed by atoms with Crippen molar-refractivity contribution in [1.29, 1.82) is 0 Å². The lowest BCUT2D eigenvalue weighted by Gasteiger charge is -2.34. The Balaban J connectivity index is 1.49. The fraction of sp³-hybridized carbons (Fsp3) is 0.536. The number of rotatable bonds is 8. The van der Waals surface area contributed by atoms with E-state index in [1.165, 1.54) is 18.7 Å². The van der Waals surface area contributed by atoms with Gasteiger partial charge >= 0.3 is 5.97 Å². The summed E-state index contributed by atoms with van der Waals surface area (Å²) in [4.78, 5) is 43.4. The molecule has 3 heterocycles. The molecular weight excluding hydrogens is 458 g/mol. The van der Waals surface area contributed by atoms with Crippen molar-refractivity contribution in [1.82, 2.24) is 14.4 Å².